The first kappa shape index (κ1) is 14.3. The van der Waals surface area contributed by atoms with Crippen LogP contribution in [0.5, 0.6) is 0 Å². The van der Waals surface area contributed by atoms with Crippen LogP contribution in [0.1, 0.15) is 28.4 Å². The van der Waals surface area contributed by atoms with E-state index in [1.807, 2.05) is 24.3 Å². The van der Waals surface area contributed by atoms with Crippen molar-refractivity contribution in [2.24, 2.45) is 0 Å². The van der Waals surface area contributed by atoms with Crippen molar-refractivity contribution in [1.29, 1.82) is 5.26 Å². The van der Waals surface area contributed by atoms with E-state index >= 15 is 0 Å². The minimum atomic E-state index is -0.405. The molecule has 0 bridgehead atoms. The third-order valence-corrected chi connectivity index (χ3v) is 3.80. The molecule has 2 aromatic carbocycles. The third-order valence-electron chi connectivity index (χ3n) is 2.73. The molecule has 0 radical (unpaired) electrons. The maximum absolute atomic E-state index is 13.3. The van der Waals surface area contributed by atoms with E-state index in [0.29, 0.717) is 16.9 Å². The van der Waals surface area contributed by atoms with Gasteiger partial charge in [-0.1, -0.05) is 12.1 Å². The van der Waals surface area contributed by atoms with Crippen LogP contribution in [0.15, 0.2) is 47.4 Å². The lowest BCUT2D eigenvalue weighted by Crippen LogP contribution is -1.91. The number of carbonyl (C=O) groups is 1. The molecule has 0 aliphatic carbocycles. The largest absolute Gasteiger partial charge is 0.295 e. The maximum Gasteiger partial charge on any atom is 0.159 e. The van der Waals surface area contributed by atoms with Crippen molar-refractivity contribution in [3.63, 3.8) is 0 Å². The van der Waals surface area contributed by atoms with Crippen LogP contribution in [0.2, 0.25) is 0 Å². The second-order valence-electron chi connectivity index (χ2n) is 4.33. The van der Waals surface area contributed by atoms with E-state index in [-0.39, 0.29) is 5.78 Å². The van der Waals surface area contributed by atoms with Crippen molar-refractivity contribution in [3.8, 4) is 6.07 Å². The van der Waals surface area contributed by atoms with Gasteiger partial charge in [0.1, 0.15) is 5.82 Å². The highest BCUT2D eigenvalue weighted by molar-refractivity contribution is 7.98. The molecule has 20 heavy (non-hydrogen) atoms. The van der Waals surface area contributed by atoms with Crippen LogP contribution in [-0.4, -0.2) is 5.78 Å². The molecule has 2 nitrogen and oxygen atoms in total. The Bertz CT molecular complexity index is 691. The Morgan fingerprint density at radius 2 is 2.10 bits per heavy atom. The van der Waals surface area contributed by atoms with Crippen molar-refractivity contribution < 1.29 is 9.18 Å². The van der Waals surface area contributed by atoms with Crippen molar-refractivity contribution in [2.75, 3.05) is 0 Å². The molecule has 0 unspecified atom stereocenters. The average Bonchev–Trinajstić information content (AvgIpc) is 2.44. The maximum atomic E-state index is 13.3. The van der Waals surface area contributed by atoms with Gasteiger partial charge in [-0.15, -0.1) is 11.8 Å². The van der Waals surface area contributed by atoms with Crippen LogP contribution < -0.4 is 0 Å². The van der Waals surface area contributed by atoms with E-state index in [2.05, 4.69) is 0 Å². The fraction of sp³-hybridized carbons (Fsp3) is 0.125. The molecule has 2 aromatic rings. The van der Waals surface area contributed by atoms with Crippen LogP contribution in [0.4, 0.5) is 4.39 Å². The Balaban J connectivity index is 2.13. The van der Waals surface area contributed by atoms with E-state index in [4.69, 9.17) is 5.26 Å². The number of carbonyl (C=O) groups excluding carboxylic acids is 1. The highest BCUT2D eigenvalue weighted by atomic mass is 32.2. The van der Waals surface area contributed by atoms with E-state index in [1.54, 1.807) is 12.1 Å². The van der Waals surface area contributed by atoms with E-state index in [1.165, 1.54) is 30.8 Å². The number of thioether (sulfide) groups is 1. The molecule has 0 atom stereocenters. The molecule has 4 heteroatoms. The van der Waals surface area contributed by atoms with Gasteiger partial charge < -0.3 is 0 Å². The Morgan fingerprint density at radius 1 is 1.30 bits per heavy atom. The smallest absolute Gasteiger partial charge is 0.159 e. The average molecular weight is 285 g/mol. The normalized spacial score (nSPS) is 10.1. The van der Waals surface area contributed by atoms with Gasteiger partial charge in [-0.25, -0.2) is 4.39 Å². The number of nitriles is 1. The molecule has 0 aliphatic rings. The fourth-order valence-electron chi connectivity index (χ4n) is 1.77. The zero-order valence-corrected chi connectivity index (χ0v) is 11.7. The minimum Gasteiger partial charge on any atom is -0.295 e. The van der Waals surface area contributed by atoms with Gasteiger partial charge in [0.05, 0.1) is 11.6 Å². The van der Waals surface area contributed by atoms with Gasteiger partial charge in [0.25, 0.3) is 0 Å². The zero-order chi connectivity index (χ0) is 14.5. The number of nitrogens with zero attached hydrogens (tertiary/aromatic N) is 1. The molecule has 0 saturated carbocycles. The highest BCUT2D eigenvalue weighted by Crippen LogP contribution is 2.24. The summed E-state index contributed by atoms with van der Waals surface area (Å²) in [6.07, 6.45) is 0. The number of benzene rings is 2. The van der Waals surface area contributed by atoms with Crippen molar-refractivity contribution in [1.82, 2.24) is 0 Å². The molecular formula is C16H12FNOS. The Hall–Kier alpha value is -2.12. The summed E-state index contributed by atoms with van der Waals surface area (Å²) in [5.74, 6) is 0.162. The number of Topliss-reactive ketones (excluding diaryl/α,β-unsaturated/α-hetero) is 1. The van der Waals surface area contributed by atoms with E-state index in [0.717, 1.165) is 10.5 Å². The quantitative estimate of drug-likeness (QED) is 0.624. The molecule has 0 aromatic heterocycles. The Labute approximate surface area is 121 Å². The monoisotopic (exact) mass is 285 g/mol. The summed E-state index contributed by atoms with van der Waals surface area (Å²) in [6.45, 7) is 1.52. The van der Waals surface area contributed by atoms with Crippen LogP contribution >= 0.6 is 11.8 Å². The summed E-state index contributed by atoms with van der Waals surface area (Å²) in [6, 6.07) is 13.6. The zero-order valence-electron chi connectivity index (χ0n) is 10.9. The molecule has 2 rings (SSSR count). The molecule has 0 saturated heterocycles. The fourth-order valence-corrected chi connectivity index (χ4v) is 2.65. The summed E-state index contributed by atoms with van der Waals surface area (Å²) in [7, 11) is 0. The molecule has 0 spiro atoms. The SMILES string of the molecule is CC(=O)c1cccc(SCc2cc(F)cc(C#N)c2)c1. The second kappa shape index (κ2) is 6.36. The molecular weight excluding hydrogens is 273 g/mol. The van der Waals surface area contributed by atoms with E-state index in [9.17, 15) is 9.18 Å². The molecule has 0 fully saturated rings. The predicted octanol–water partition coefficient (Wildman–Crippen LogP) is 4.19. The summed E-state index contributed by atoms with van der Waals surface area (Å²) in [4.78, 5) is 12.2. The van der Waals surface area contributed by atoms with Crippen molar-refractivity contribution in [2.45, 2.75) is 17.6 Å². The number of hydrogen-bond donors (Lipinski definition) is 0. The Morgan fingerprint density at radius 3 is 2.80 bits per heavy atom. The minimum absolute atomic E-state index is 0.0185. The lowest BCUT2D eigenvalue weighted by molar-refractivity contribution is 0.101. The first-order valence-corrected chi connectivity index (χ1v) is 7.00. The van der Waals surface area contributed by atoms with Gasteiger partial charge in [0, 0.05) is 16.2 Å². The third kappa shape index (κ3) is 3.69. The van der Waals surface area contributed by atoms with Gasteiger partial charge >= 0.3 is 0 Å². The first-order valence-electron chi connectivity index (χ1n) is 6.02. The van der Waals surface area contributed by atoms with Crippen LogP contribution in [0.25, 0.3) is 0 Å². The lowest BCUT2D eigenvalue weighted by atomic mass is 10.1. The predicted molar refractivity (Wildman–Crippen MR) is 77.1 cm³/mol. The summed E-state index contributed by atoms with van der Waals surface area (Å²) in [5, 5.41) is 8.81. The van der Waals surface area contributed by atoms with Gasteiger partial charge in [0.2, 0.25) is 0 Å². The summed E-state index contributed by atoms with van der Waals surface area (Å²) >= 11 is 1.50. The molecule has 0 amide bonds. The van der Waals surface area contributed by atoms with Crippen LogP contribution in [0, 0.1) is 17.1 Å². The number of hydrogen-bond acceptors (Lipinski definition) is 3. The lowest BCUT2D eigenvalue weighted by Gasteiger charge is -2.04. The van der Waals surface area contributed by atoms with Gasteiger partial charge in [-0.05, 0) is 42.8 Å². The molecule has 100 valence electrons. The number of ketones is 1. The van der Waals surface area contributed by atoms with Gasteiger partial charge in [-0.3, -0.25) is 4.79 Å². The van der Waals surface area contributed by atoms with Crippen molar-refractivity contribution >= 4 is 17.5 Å². The van der Waals surface area contributed by atoms with Crippen molar-refractivity contribution in [3.05, 3.63) is 65.0 Å². The first-order chi connectivity index (χ1) is 9.58. The standard InChI is InChI=1S/C16H12FNOS/c1-11(19)14-3-2-4-16(8-14)20-10-13-5-12(9-18)6-15(17)7-13/h2-8H,10H2,1H3. The summed E-state index contributed by atoms with van der Waals surface area (Å²) < 4.78 is 13.3. The van der Waals surface area contributed by atoms with Gasteiger partial charge in [0.15, 0.2) is 5.78 Å². The van der Waals surface area contributed by atoms with Crippen LogP contribution in [0.3, 0.4) is 0 Å². The van der Waals surface area contributed by atoms with Gasteiger partial charge in [-0.2, -0.15) is 5.26 Å². The molecule has 0 N–H and O–H groups in total. The number of halogens is 1. The van der Waals surface area contributed by atoms with E-state index < -0.39 is 5.82 Å². The topological polar surface area (TPSA) is 40.9 Å². The molecule has 0 aliphatic heterocycles. The van der Waals surface area contributed by atoms with Crippen LogP contribution in [-0.2, 0) is 5.75 Å². The highest BCUT2D eigenvalue weighted by Gasteiger charge is 2.04. The number of rotatable bonds is 4. The molecule has 0 heterocycles. The summed E-state index contributed by atoms with van der Waals surface area (Å²) in [5.41, 5.74) is 1.73. The second-order valence-corrected chi connectivity index (χ2v) is 5.38. The Kier molecular flexibility index (Phi) is 4.54.